The van der Waals surface area contributed by atoms with Crippen LogP contribution in [0, 0.1) is 0 Å². The molecule has 0 atom stereocenters. The SMILES string of the molecule is Cn1cc(CCc2ccc(Br)cc2)nc1N. The van der Waals surface area contributed by atoms with E-state index >= 15 is 0 Å². The molecule has 0 saturated carbocycles. The Morgan fingerprint density at radius 3 is 2.50 bits per heavy atom. The quantitative estimate of drug-likeness (QED) is 0.939. The normalized spacial score (nSPS) is 10.6. The molecule has 1 aromatic carbocycles. The number of hydrogen-bond acceptors (Lipinski definition) is 2. The molecule has 0 saturated heterocycles. The highest BCUT2D eigenvalue weighted by atomic mass is 79.9. The zero-order chi connectivity index (χ0) is 11.5. The molecule has 16 heavy (non-hydrogen) atoms. The standard InChI is InChI=1S/C12H14BrN3/c1-16-8-11(15-12(16)14)7-4-9-2-5-10(13)6-3-9/h2-3,5-6,8H,4,7H2,1H3,(H2,14,15). The van der Waals surface area contributed by atoms with E-state index in [4.69, 9.17) is 5.73 Å². The molecule has 0 fully saturated rings. The predicted molar refractivity (Wildman–Crippen MR) is 69.2 cm³/mol. The Balaban J connectivity index is 1.99. The summed E-state index contributed by atoms with van der Waals surface area (Å²) in [5.74, 6) is 0.575. The first kappa shape index (κ1) is 11.2. The van der Waals surface area contributed by atoms with Crippen molar-refractivity contribution >= 4 is 21.9 Å². The zero-order valence-corrected chi connectivity index (χ0v) is 10.7. The van der Waals surface area contributed by atoms with Gasteiger partial charge in [0.2, 0.25) is 0 Å². The topological polar surface area (TPSA) is 43.8 Å². The number of benzene rings is 1. The molecule has 0 amide bonds. The predicted octanol–water partition coefficient (Wildman–Crippen LogP) is 2.55. The van der Waals surface area contributed by atoms with Gasteiger partial charge in [-0.3, -0.25) is 0 Å². The van der Waals surface area contributed by atoms with Crippen molar-refractivity contribution in [3.63, 3.8) is 0 Å². The summed E-state index contributed by atoms with van der Waals surface area (Å²) >= 11 is 3.42. The van der Waals surface area contributed by atoms with E-state index in [0.717, 1.165) is 23.0 Å². The fraction of sp³-hybridized carbons (Fsp3) is 0.250. The Bertz CT molecular complexity index is 454. The van der Waals surface area contributed by atoms with Gasteiger partial charge in [-0.1, -0.05) is 28.1 Å². The summed E-state index contributed by atoms with van der Waals surface area (Å²) in [6.07, 6.45) is 3.89. The molecule has 0 unspecified atom stereocenters. The van der Waals surface area contributed by atoms with Crippen LogP contribution < -0.4 is 5.73 Å². The summed E-state index contributed by atoms with van der Waals surface area (Å²) < 4.78 is 2.95. The van der Waals surface area contributed by atoms with E-state index in [1.807, 2.05) is 17.8 Å². The third-order valence-corrected chi connectivity index (χ3v) is 3.07. The molecular weight excluding hydrogens is 266 g/mol. The van der Waals surface area contributed by atoms with Gasteiger partial charge in [0.15, 0.2) is 5.95 Å². The van der Waals surface area contributed by atoms with E-state index in [2.05, 4.69) is 45.2 Å². The van der Waals surface area contributed by atoms with Crippen molar-refractivity contribution in [2.45, 2.75) is 12.8 Å². The lowest BCUT2D eigenvalue weighted by Crippen LogP contribution is -1.95. The highest BCUT2D eigenvalue weighted by Crippen LogP contribution is 2.13. The van der Waals surface area contributed by atoms with Crippen molar-refractivity contribution in [1.82, 2.24) is 9.55 Å². The Labute approximate surface area is 103 Å². The van der Waals surface area contributed by atoms with Crippen LogP contribution in [0.4, 0.5) is 5.95 Å². The molecule has 0 bridgehead atoms. The van der Waals surface area contributed by atoms with Crippen LogP contribution in [-0.4, -0.2) is 9.55 Å². The maximum atomic E-state index is 5.68. The fourth-order valence-electron chi connectivity index (χ4n) is 1.59. The molecule has 84 valence electrons. The second-order valence-corrected chi connectivity index (χ2v) is 4.74. The molecule has 2 aromatic rings. The van der Waals surface area contributed by atoms with Crippen LogP contribution in [-0.2, 0) is 19.9 Å². The summed E-state index contributed by atoms with van der Waals surface area (Å²) in [4.78, 5) is 4.27. The third-order valence-electron chi connectivity index (χ3n) is 2.55. The number of nitrogen functional groups attached to an aromatic ring is 1. The molecule has 0 aliphatic heterocycles. The lowest BCUT2D eigenvalue weighted by atomic mass is 10.1. The third kappa shape index (κ3) is 2.64. The molecule has 0 aliphatic carbocycles. The van der Waals surface area contributed by atoms with Gasteiger partial charge in [0.25, 0.3) is 0 Å². The largest absolute Gasteiger partial charge is 0.369 e. The van der Waals surface area contributed by atoms with E-state index in [-0.39, 0.29) is 0 Å². The summed E-state index contributed by atoms with van der Waals surface area (Å²) in [6.45, 7) is 0. The Hall–Kier alpha value is -1.29. The van der Waals surface area contributed by atoms with Gasteiger partial charge in [-0.25, -0.2) is 4.98 Å². The molecule has 3 nitrogen and oxygen atoms in total. The summed E-state index contributed by atoms with van der Waals surface area (Å²) in [6, 6.07) is 8.36. The number of hydrogen-bond donors (Lipinski definition) is 1. The van der Waals surface area contributed by atoms with E-state index in [9.17, 15) is 0 Å². The number of halogens is 1. The number of nitrogens with two attached hydrogens (primary N) is 1. The van der Waals surface area contributed by atoms with Crippen molar-refractivity contribution in [2.75, 3.05) is 5.73 Å². The second-order valence-electron chi connectivity index (χ2n) is 3.83. The van der Waals surface area contributed by atoms with Gasteiger partial charge in [0.1, 0.15) is 0 Å². The summed E-state index contributed by atoms with van der Waals surface area (Å²) in [5.41, 5.74) is 8.03. The number of imidazole rings is 1. The van der Waals surface area contributed by atoms with Crippen LogP contribution in [0.25, 0.3) is 0 Å². The van der Waals surface area contributed by atoms with Crippen LogP contribution in [0.3, 0.4) is 0 Å². The number of aromatic nitrogens is 2. The number of rotatable bonds is 3. The molecule has 0 spiro atoms. The number of nitrogens with zero attached hydrogens (tertiary/aromatic N) is 2. The van der Waals surface area contributed by atoms with Gasteiger partial charge >= 0.3 is 0 Å². The van der Waals surface area contributed by atoms with Crippen molar-refractivity contribution in [3.8, 4) is 0 Å². The summed E-state index contributed by atoms with van der Waals surface area (Å²) in [5, 5.41) is 0. The minimum atomic E-state index is 0.575. The average molecular weight is 280 g/mol. The van der Waals surface area contributed by atoms with E-state index in [1.54, 1.807) is 0 Å². The van der Waals surface area contributed by atoms with Crippen molar-refractivity contribution in [3.05, 3.63) is 46.2 Å². The Morgan fingerprint density at radius 2 is 1.94 bits per heavy atom. The minimum Gasteiger partial charge on any atom is -0.369 e. The molecule has 2 rings (SSSR count). The first-order valence-electron chi connectivity index (χ1n) is 5.17. The maximum Gasteiger partial charge on any atom is 0.200 e. The fourth-order valence-corrected chi connectivity index (χ4v) is 1.85. The lowest BCUT2D eigenvalue weighted by molar-refractivity contribution is 0.909. The molecule has 1 aromatic heterocycles. The van der Waals surface area contributed by atoms with Crippen LogP contribution >= 0.6 is 15.9 Å². The number of aryl methyl sites for hydroxylation is 3. The van der Waals surface area contributed by atoms with Gasteiger partial charge in [0.05, 0.1) is 5.69 Å². The van der Waals surface area contributed by atoms with Crippen molar-refractivity contribution < 1.29 is 0 Å². The molecule has 2 N–H and O–H groups in total. The van der Waals surface area contributed by atoms with E-state index < -0.39 is 0 Å². The van der Waals surface area contributed by atoms with Gasteiger partial charge in [-0.15, -0.1) is 0 Å². The highest BCUT2D eigenvalue weighted by Gasteiger charge is 2.02. The Kier molecular flexibility index (Phi) is 3.29. The van der Waals surface area contributed by atoms with E-state index in [1.165, 1.54) is 5.56 Å². The highest BCUT2D eigenvalue weighted by molar-refractivity contribution is 9.10. The van der Waals surface area contributed by atoms with E-state index in [0.29, 0.717) is 5.95 Å². The van der Waals surface area contributed by atoms with Gasteiger partial charge in [0, 0.05) is 17.7 Å². The maximum absolute atomic E-state index is 5.68. The van der Waals surface area contributed by atoms with Crippen molar-refractivity contribution in [1.29, 1.82) is 0 Å². The van der Waals surface area contributed by atoms with Crippen molar-refractivity contribution in [2.24, 2.45) is 7.05 Å². The van der Waals surface area contributed by atoms with Crippen LogP contribution in [0.5, 0.6) is 0 Å². The molecule has 1 heterocycles. The lowest BCUT2D eigenvalue weighted by Gasteiger charge is -1.99. The smallest absolute Gasteiger partial charge is 0.200 e. The van der Waals surface area contributed by atoms with Gasteiger partial charge in [-0.2, -0.15) is 0 Å². The molecule has 0 radical (unpaired) electrons. The minimum absolute atomic E-state index is 0.575. The van der Waals surface area contributed by atoms with Crippen LogP contribution in [0.2, 0.25) is 0 Å². The Morgan fingerprint density at radius 1 is 1.25 bits per heavy atom. The van der Waals surface area contributed by atoms with Crippen LogP contribution in [0.15, 0.2) is 34.9 Å². The number of anilines is 1. The van der Waals surface area contributed by atoms with Gasteiger partial charge in [-0.05, 0) is 30.5 Å². The molecule has 0 aliphatic rings. The summed E-state index contributed by atoms with van der Waals surface area (Å²) in [7, 11) is 1.91. The van der Waals surface area contributed by atoms with Crippen LogP contribution in [0.1, 0.15) is 11.3 Å². The average Bonchev–Trinajstić information content (AvgIpc) is 2.58. The molecule has 4 heteroatoms. The second kappa shape index (κ2) is 4.70. The first-order valence-corrected chi connectivity index (χ1v) is 5.96. The first-order chi connectivity index (χ1) is 7.65. The zero-order valence-electron chi connectivity index (χ0n) is 9.15. The monoisotopic (exact) mass is 279 g/mol. The molecular formula is C12H14BrN3. The van der Waals surface area contributed by atoms with Gasteiger partial charge < -0.3 is 10.3 Å².